The Hall–Kier alpha value is -4.80. The van der Waals surface area contributed by atoms with Crippen LogP contribution in [0.3, 0.4) is 0 Å². The maximum Gasteiger partial charge on any atom is 0.256 e. The van der Waals surface area contributed by atoms with Crippen LogP contribution in [0.1, 0.15) is 48.9 Å². The quantitative estimate of drug-likeness (QED) is 0.151. The zero-order valence-electron chi connectivity index (χ0n) is 26.3. The summed E-state index contributed by atoms with van der Waals surface area (Å²) in [6, 6.07) is 12.4. The molecule has 1 atom stereocenters. The maximum absolute atomic E-state index is 13.1. The van der Waals surface area contributed by atoms with Crippen LogP contribution in [0.5, 0.6) is 46.0 Å². The lowest BCUT2D eigenvalue weighted by Crippen LogP contribution is -2.35. The Bertz CT molecular complexity index is 1500. The number of rotatable bonds is 15. The Morgan fingerprint density at radius 2 is 1.47 bits per heavy atom. The van der Waals surface area contributed by atoms with Gasteiger partial charge >= 0.3 is 0 Å². The van der Waals surface area contributed by atoms with E-state index in [4.69, 9.17) is 38.9 Å². The standard InChI is InChI=1S/C34H41N3O8/c1-39-29-19-25-27(36-21-22-10-9-13-37(22)34(25)38)20-30(29)44-15-8-6-5-7-14-43-23-11-12-26(35)28(16-23)45-24-17-31(40-2)33(42-4)32(18-24)41-3/h11-12,16-22H,5-10,13-15,35H2,1-4H3/t22-/m0/s1. The van der Waals surface area contributed by atoms with E-state index >= 15 is 0 Å². The predicted octanol–water partition coefficient (Wildman–Crippen LogP) is 6.43. The molecule has 240 valence electrons. The van der Waals surface area contributed by atoms with E-state index in [9.17, 15) is 4.79 Å². The molecule has 0 radical (unpaired) electrons. The third-order valence-electron chi connectivity index (χ3n) is 7.87. The molecule has 0 aromatic heterocycles. The summed E-state index contributed by atoms with van der Waals surface area (Å²) in [5, 5.41) is 0. The molecule has 2 aliphatic rings. The topological polar surface area (TPSA) is 123 Å². The van der Waals surface area contributed by atoms with Crippen LogP contribution in [0.25, 0.3) is 0 Å². The number of anilines is 1. The van der Waals surface area contributed by atoms with Gasteiger partial charge in [0.1, 0.15) is 11.5 Å². The molecule has 1 saturated heterocycles. The monoisotopic (exact) mass is 619 g/mol. The molecule has 3 aromatic carbocycles. The number of ether oxygens (including phenoxy) is 7. The summed E-state index contributed by atoms with van der Waals surface area (Å²) in [6.07, 6.45) is 7.52. The number of amides is 1. The number of hydrogen-bond donors (Lipinski definition) is 1. The van der Waals surface area contributed by atoms with Gasteiger partial charge in [-0.2, -0.15) is 0 Å². The molecule has 0 bridgehead atoms. The summed E-state index contributed by atoms with van der Waals surface area (Å²) >= 11 is 0. The van der Waals surface area contributed by atoms with Gasteiger partial charge in [-0.3, -0.25) is 9.79 Å². The minimum Gasteiger partial charge on any atom is -0.493 e. The lowest BCUT2D eigenvalue weighted by molar-refractivity contribution is 0.0774. The molecule has 0 unspecified atom stereocenters. The Morgan fingerprint density at radius 1 is 0.778 bits per heavy atom. The second kappa shape index (κ2) is 14.8. The summed E-state index contributed by atoms with van der Waals surface area (Å²) in [5.74, 6) is 4.18. The van der Waals surface area contributed by atoms with E-state index in [2.05, 4.69) is 4.99 Å². The van der Waals surface area contributed by atoms with Crippen LogP contribution in [0.4, 0.5) is 11.4 Å². The van der Waals surface area contributed by atoms with E-state index < -0.39 is 0 Å². The Balaban J connectivity index is 1.07. The number of fused-ring (bicyclic) bond motifs is 2. The fourth-order valence-corrected chi connectivity index (χ4v) is 5.49. The highest BCUT2D eigenvalue weighted by atomic mass is 16.5. The maximum atomic E-state index is 13.1. The van der Waals surface area contributed by atoms with E-state index in [1.54, 1.807) is 58.8 Å². The molecule has 0 saturated carbocycles. The van der Waals surface area contributed by atoms with Crippen LogP contribution >= 0.6 is 0 Å². The highest BCUT2D eigenvalue weighted by Crippen LogP contribution is 2.43. The largest absolute Gasteiger partial charge is 0.493 e. The average molecular weight is 620 g/mol. The van der Waals surface area contributed by atoms with Crippen LogP contribution in [0, 0.1) is 0 Å². The summed E-state index contributed by atoms with van der Waals surface area (Å²) in [6.45, 7) is 1.84. The van der Waals surface area contributed by atoms with E-state index in [1.807, 2.05) is 23.2 Å². The SMILES string of the molecule is COc1cc2c(cc1OCCCCCCOc1ccc(N)c(Oc3cc(OC)c(OC)c(OC)c3)c1)N=C[C@@H]1CCCN1C2=O. The zero-order valence-corrected chi connectivity index (χ0v) is 26.3. The lowest BCUT2D eigenvalue weighted by Gasteiger charge is -2.20. The summed E-state index contributed by atoms with van der Waals surface area (Å²) in [4.78, 5) is 19.5. The number of unbranched alkanes of at least 4 members (excludes halogenated alkanes) is 3. The van der Waals surface area contributed by atoms with Crippen LogP contribution < -0.4 is 38.9 Å². The molecule has 2 heterocycles. The van der Waals surface area contributed by atoms with Crippen molar-refractivity contribution in [2.75, 3.05) is 53.9 Å². The Labute approximate surface area is 263 Å². The minimum absolute atomic E-state index is 0.00152. The van der Waals surface area contributed by atoms with Crippen LogP contribution in [0.2, 0.25) is 0 Å². The normalized spacial score (nSPS) is 15.2. The average Bonchev–Trinajstić information content (AvgIpc) is 3.49. The van der Waals surface area contributed by atoms with Crippen molar-refractivity contribution in [1.29, 1.82) is 0 Å². The fraction of sp³-hybridized carbons (Fsp3) is 0.412. The number of nitrogen functional groups attached to an aromatic ring is 1. The van der Waals surface area contributed by atoms with Gasteiger partial charge in [-0.15, -0.1) is 0 Å². The first kappa shape index (κ1) is 31.6. The lowest BCUT2D eigenvalue weighted by atomic mass is 10.1. The van der Waals surface area contributed by atoms with Gasteiger partial charge in [-0.05, 0) is 56.7 Å². The third-order valence-corrected chi connectivity index (χ3v) is 7.87. The highest BCUT2D eigenvalue weighted by Gasteiger charge is 2.32. The molecule has 11 nitrogen and oxygen atoms in total. The van der Waals surface area contributed by atoms with Crippen molar-refractivity contribution in [3.05, 3.63) is 48.0 Å². The summed E-state index contributed by atoms with van der Waals surface area (Å²) < 4.78 is 39.8. The number of methoxy groups -OCH3 is 4. The van der Waals surface area contributed by atoms with Gasteiger partial charge in [-0.25, -0.2) is 0 Å². The molecular weight excluding hydrogens is 578 g/mol. The van der Waals surface area contributed by atoms with Gasteiger partial charge in [0.15, 0.2) is 28.7 Å². The second-order valence-corrected chi connectivity index (χ2v) is 10.8. The van der Waals surface area contributed by atoms with Crippen LogP contribution in [-0.4, -0.2) is 71.3 Å². The van der Waals surface area contributed by atoms with Crippen LogP contribution in [-0.2, 0) is 0 Å². The first-order valence-electron chi connectivity index (χ1n) is 15.2. The molecule has 5 rings (SSSR count). The Morgan fingerprint density at radius 3 is 2.16 bits per heavy atom. The number of carbonyl (C=O) groups excluding carboxylic acids is 1. The first-order valence-corrected chi connectivity index (χ1v) is 15.2. The molecule has 11 heteroatoms. The number of benzene rings is 3. The van der Waals surface area contributed by atoms with Gasteiger partial charge in [-0.1, -0.05) is 0 Å². The van der Waals surface area contributed by atoms with Crippen molar-refractivity contribution in [3.8, 4) is 46.0 Å². The van der Waals surface area contributed by atoms with Crippen LogP contribution in [0.15, 0.2) is 47.5 Å². The van der Waals surface area contributed by atoms with Gasteiger partial charge in [0, 0.05) is 37.0 Å². The van der Waals surface area contributed by atoms with E-state index in [1.165, 1.54) is 0 Å². The van der Waals surface area contributed by atoms with Crippen molar-refractivity contribution in [2.45, 2.75) is 44.6 Å². The van der Waals surface area contributed by atoms with Crippen molar-refractivity contribution in [1.82, 2.24) is 4.90 Å². The summed E-state index contributed by atoms with van der Waals surface area (Å²) in [7, 11) is 6.23. The molecule has 45 heavy (non-hydrogen) atoms. The first-order chi connectivity index (χ1) is 21.9. The van der Waals surface area contributed by atoms with Gasteiger partial charge in [0.25, 0.3) is 5.91 Å². The van der Waals surface area contributed by atoms with E-state index in [-0.39, 0.29) is 11.9 Å². The molecular formula is C34H41N3O8. The summed E-state index contributed by atoms with van der Waals surface area (Å²) in [5.41, 5.74) is 7.83. The van der Waals surface area contributed by atoms with Crippen molar-refractivity contribution < 1.29 is 38.0 Å². The molecule has 2 N–H and O–H groups in total. The number of aliphatic imine (C=N–C) groups is 1. The van der Waals surface area contributed by atoms with Gasteiger partial charge in [0.05, 0.1) is 64.6 Å². The number of nitrogens with two attached hydrogens (primary N) is 1. The smallest absolute Gasteiger partial charge is 0.256 e. The molecule has 3 aromatic rings. The molecule has 0 aliphatic carbocycles. The fourth-order valence-electron chi connectivity index (χ4n) is 5.49. The van der Waals surface area contributed by atoms with Crippen molar-refractivity contribution >= 4 is 23.5 Å². The second-order valence-electron chi connectivity index (χ2n) is 10.8. The molecule has 0 spiro atoms. The Kier molecular flexibility index (Phi) is 10.4. The number of hydrogen-bond acceptors (Lipinski definition) is 10. The van der Waals surface area contributed by atoms with Crippen molar-refractivity contribution in [3.63, 3.8) is 0 Å². The third kappa shape index (κ3) is 7.30. The molecule has 1 amide bonds. The van der Waals surface area contributed by atoms with Gasteiger partial charge < -0.3 is 43.8 Å². The molecule has 1 fully saturated rings. The molecule has 2 aliphatic heterocycles. The van der Waals surface area contributed by atoms with Crippen molar-refractivity contribution in [2.24, 2.45) is 4.99 Å². The van der Waals surface area contributed by atoms with E-state index in [0.29, 0.717) is 76.1 Å². The zero-order chi connectivity index (χ0) is 31.8. The minimum atomic E-state index is -0.00152. The number of carbonyl (C=O) groups is 1. The van der Waals surface area contributed by atoms with E-state index in [0.717, 1.165) is 45.1 Å². The predicted molar refractivity (Wildman–Crippen MR) is 172 cm³/mol. The number of nitrogens with zero attached hydrogens (tertiary/aromatic N) is 2. The highest BCUT2D eigenvalue weighted by molar-refractivity contribution is 6.03. The van der Waals surface area contributed by atoms with Gasteiger partial charge in [0.2, 0.25) is 5.75 Å².